The van der Waals surface area contributed by atoms with Gasteiger partial charge in [-0.1, -0.05) is 77.3 Å². The van der Waals surface area contributed by atoms with Crippen LogP contribution < -0.4 is 0 Å². The van der Waals surface area contributed by atoms with Crippen molar-refractivity contribution in [2.75, 3.05) is 0 Å². The zero-order valence-electron chi connectivity index (χ0n) is 25.3. The molecule has 1 unspecified atom stereocenters. The maximum absolute atomic E-state index is 10.1. The normalized spacial score (nSPS) is 33.3. The summed E-state index contributed by atoms with van der Waals surface area (Å²) in [7, 11) is -1.75. The zero-order chi connectivity index (χ0) is 26.9. The van der Waals surface area contributed by atoms with E-state index in [4.69, 9.17) is 4.43 Å². The Labute approximate surface area is 225 Å². The maximum atomic E-state index is 10.1. The first-order chi connectivity index (χ1) is 16.5. The van der Waals surface area contributed by atoms with Crippen molar-refractivity contribution in [3.63, 3.8) is 0 Å². The van der Waals surface area contributed by atoms with Crippen molar-refractivity contribution in [2.45, 2.75) is 149 Å². The minimum absolute atomic E-state index is 0.254. The average molecular weight is 515 g/mol. The van der Waals surface area contributed by atoms with Crippen LogP contribution in [0, 0.1) is 23.2 Å². The Morgan fingerprint density at radius 2 is 1.81 bits per heavy atom. The van der Waals surface area contributed by atoms with Gasteiger partial charge >= 0.3 is 0 Å². The lowest BCUT2D eigenvalue weighted by atomic mass is 9.60. The number of rotatable bonds is 8. The Kier molecular flexibility index (Phi) is 9.33. The van der Waals surface area contributed by atoms with Crippen molar-refractivity contribution >= 4 is 8.32 Å². The number of hydrogen-bond donors (Lipinski definition) is 1. The van der Waals surface area contributed by atoms with E-state index in [1.807, 2.05) is 13.8 Å². The molecule has 0 aliphatic heterocycles. The van der Waals surface area contributed by atoms with Gasteiger partial charge in [0, 0.05) is 6.10 Å². The summed E-state index contributed by atoms with van der Waals surface area (Å²) in [6.45, 7) is 25.2. The van der Waals surface area contributed by atoms with Crippen molar-refractivity contribution in [1.29, 1.82) is 0 Å². The Hall–Kier alpha value is -0.643. The lowest BCUT2D eigenvalue weighted by Crippen LogP contribution is -2.44. The highest BCUT2D eigenvalue weighted by Gasteiger charge is 2.50. The van der Waals surface area contributed by atoms with Gasteiger partial charge in [0.2, 0.25) is 0 Å². The molecule has 0 heterocycles. The first-order valence-corrected chi connectivity index (χ1v) is 17.9. The molecule has 0 saturated heterocycles. The third-order valence-corrected chi connectivity index (χ3v) is 15.1. The minimum atomic E-state index is -1.75. The number of aliphatic hydroxyl groups is 1. The van der Waals surface area contributed by atoms with Crippen LogP contribution in [0.1, 0.15) is 119 Å². The van der Waals surface area contributed by atoms with Gasteiger partial charge < -0.3 is 9.53 Å². The molecule has 3 aliphatic carbocycles. The van der Waals surface area contributed by atoms with Crippen LogP contribution in [0.25, 0.3) is 0 Å². The van der Waals surface area contributed by atoms with Gasteiger partial charge in [0.25, 0.3) is 0 Å². The van der Waals surface area contributed by atoms with Gasteiger partial charge in [-0.05, 0) is 119 Å². The Morgan fingerprint density at radius 3 is 2.44 bits per heavy atom. The van der Waals surface area contributed by atoms with Gasteiger partial charge in [0.05, 0.1) is 5.60 Å². The fourth-order valence-corrected chi connectivity index (χ4v) is 8.74. The Balaban J connectivity index is 1.69. The van der Waals surface area contributed by atoms with Crippen molar-refractivity contribution in [1.82, 2.24) is 0 Å². The standard InChI is InChI=1S/C33H58O2Si/c1-24-15-18-28(35-36(9,10)31(3,4)5)23-27(24)17-16-26-14-12-22-33(8)29(19-20-30(26)33)25(2)13-11-21-32(6,7)34/h16-17,25,28-30,34H,1,11-15,18-23H2,2-10H3/b26-16+,27-17-/t25-,28+,29-,30?,33-/m1/s1. The van der Waals surface area contributed by atoms with Crippen LogP contribution in [0.5, 0.6) is 0 Å². The second kappa shape index (κ2) is 11.2. The van der Waals surface area contributed by atoms with Crippen LogP contribution >= 0.6 is 0 Å². The third kappa shape index (κ3) is 7.06. The average Bonchev–Trinajstić information content (AvgIpc) is 3.09. The van der Waals surface area contributed by atoms with Crippen molar-refractivity contribution in [3.8, 4) is 0 Å². The fraction of sp³-hybridized carbons (Fsp3) is 0.818. The second-order valence-electron chi connectivity index (χ2n) is 15.1. The molecule has 3 rings (SSSR count). The second-order valence-corrected chi connectivity index (χ2v) is 19.8. The molecular formula is C33H58O2Si. The van der Waals surface area contributed by atoms with E-state index in [-0.39, 0.29) is 5.04 Å². The number of fused-ring (bicyclic) bond motifs is 1. The molecule has 3 fully saturated rings. The molecule has 0 amide bonds. The van der Waals surface area contributed by atoms with E-state index >= 15 is 0 Å². The first kappa shape index (κ1) is 29.9. The van der Waals surface area contributed by atoms with E-state index in [9.17, 15) is 5.11 Å². The SMILES string of the molecule is C=C1CC[C@H](O[Si](C)(C)C(C)(C)C)C/C1=C/C=C1\CCC[C@@]2(C)C1CC[C@@H]2[C@H](C)CCCC(C)(C)O. The lowest BCUT2D eigenvalue weighted by molar-refractivity contribution is 0.0596. The predicted molar refractivity (Wildman–Crippen MR) is 159 cm³/mol. The molecule has 3 saturated carbocycles. The summed E-state index contributed by atoms with van der Waals surface area (Å²) in [6.07, 6.45) is 18.5. The molecule has 206 valence electrons. The molecule has 1 N–H and O–H groups in total. The van der Waals surface area contributed by atoms with Gasteiger partial charge in [-0.25, -0.2) is 0 Å². The molecule has 0 radical (unpaired) electrons. The van der Waals surface area contributed by atoms with E-state index in [2.05, 4.69) is 66.4 Å². The quantitative estimate of drug-likeness (QED) is 0.327. The van der Waals surface area contributed by atoms with Crippen LogP contribution in [-0.2, 0) is 4.43 Å². The molecule has 2 nitrogen and oxygen atoms in total. The summed E-state index contributed by atoms with van der Waals surface area (Å²) < 4.78 is 6.81. The van der Waals surface area contributed by atoms with Crippen LogP contribution in [0.3, 0.4) is 0 Å². The first-order valence-electron chi connectivity index (χ1n) is 15.0. The molecule has 0 aromatic heterocycles. The van der Waals surface area contributed by atoms with Crippen molar-refractivity contribution in [2.24, 2.45) is 23.2 Å². The summed E-state index contributed by atoms with van der Waals surface area (Å²) >= 11 is 0. The molecule has 3 heteroatoms. The monoisotopic (exact) mass is 514 g/mol. The maximum Gasteiger partial charge on any atom is 0.192 e. The lowest BCUT2D eigenvalue weighted by Gasteiger charge is -2.44. The summed E-state index contributed by atoms with van der Waals surface area (Å²) in [5.74, 6) is 2.29. The van der Waals surface area contributed by atoms with Crippen LogP contribution in [0.2, 0.25) is 18.1 Å². The largest absolute Gasteiger partial charge is 0.414 e. The number of hydrogen-bond acceptors (Lipinski definition) is 2. The van der Waals surface area contributed by atoms with Gasteiger partial charge in [-0.15, -0.1) is 0 Å². The fourth-order valence-electron chi connectivity index (χ4n) is 7.35. The van der Waals surface area contributed by atoms with Gasteiger partial charge in [-0.2, -0.15) is 0 Å². The van der Waals surface area contributed by atoms with Gasteiger partial charge in [-0.3, -0.25) is 0 Å². The summed E-state index contributed by atoms with van der Waals surface area (Å²) in [5, 5.41) is 10.4. The van der Waals surface area contributed by atoms with Crippen LogP contribution in [0.4, 0.5) is 0 Å². The highest BCUT2D eigenvalue weighted by Crippen LogP contribution is 2.60. The highest BCUT2D eigenvalue weighted by molar-refractivity contribution is 6.74. The van der Waals surface area contributed by atoms with E-state index in [0.29, 0.717) is 11.5 Å². The smallest absolute Gasteiger partial charge is 0.192 e. The van der Waals surface area contributed by atoms with Gasteiger partial charge in [0.15, 0.2) is 8.32 Å². The molecule has 36 heavy (non-hydrogen) atoms. The zero-order valence-corrected chi connectivity index (χ0v) is 26.3. The summed E-state index contributed by atoms with van der Waals surface area (Å²) in [6, 6.07) is 0. The van der Waals surface area contributed by atoms with E-state index in [0.717, 1.165) is 49.9 Å². The molecule has 0 spiro atoms. The van der Waals surface area contributed by atoms with E-state index in [1.54, 1.807) is 5.57 Å². The van der Waals surface area contributed by atoms with Crippen molar-refractivity contribution in [3.05, 3.63) is 35.5 Å². The van der Waals surface area contributed by atoms with Crippen LogP contribution in [-0.4, -0.2) is 25.1 Å². The Bertz CT molecular complexity index is 837. The topological polar surface area (TPSA) is 29.5 Å². The minimum Gasteiger partial charge on any atom is -0.414 e. The molecular weight excluding hydrogens is 456 g/mol. The predicted octanol–water partition coefficient (Wildman–Crippen LogP) is 9.76. The molecule has 0 aromatic rings. The molecule has 3 aliphatic rings. The summed E-state index contributed by atoms with van der Waals surface area (Å²) in [4.78, 5) is 0. The summed E-state index contributed by atoms with van der Waals surface area (Å²) in [5.41, 5.74) is 4.36. The highest BCUT2D eigenvalue weighted by atomic mass is 28.4. The van der Waals surface area contributed by atoms with E-state index < -0.39 is 13.9 Å². The van der Waals surface area contributed by atoms with Crippen molar-refractivity contribution < 1.29 is 9.53 Å². The molecule has 0 aromatic carbocycles. The van der Waals surface area contributed by atoms with Crippen LogP contribution in [0.15, 0.2) is 35.5 Å². The van der Waals surface area contributed by atoms with Gasteiger partial charge in [0.1, 0.15) is 0 Å². The van der Waals surface area contributed by atoms with E-state index in [1.165, 1.54) is 49.7 Å². The Morgan fingerprint density at radius 1 is 1.11 bits per heavy atom. The molecule has 5 atom stereocenters. The molecule has 0 bridgehead atoms. The third-order valence-electron chi connectivity index (χ3n) is 10.6. The number of allylic oxidation sites excluding steroid dienone is 4.